The van der Waals surface area contributed by atoms with Crippen LogP contribution in [-0.4, -0.2) is 44.3 Å². The van der Waals surface area contributed by atoms with Crippen molar-refractivity contribution in [2.24, 2.45) is 0 Å². The Morgan fingerprint density at radius 2 is 2.12 bits per heavy atom. The summed E-state index contributed by atoms with van der Waals surface area (Å²) in [6.45, 7) is 5.73. The third kappa shape index (κ3) is 4.14. The van der Waals surface area contributed by atoms with E-state index in [2.05, 4.69) is 26.1 Å². The van der Waals surface area contributed by atoms with Gasteiger partial charge in [0.2, 0.25) is 0 Å². The normalized spacial score (nSPS) is 17.1. The fourth-order valence-electron chi connectivity index (χ4n) is 1.79. The Bertz CT molecular complexity index is 370. The van der Waals surface area contributed by atoms with Gasteiger partial charge in [-0.05, 0) is 34.1 Å². The maximum Gasteiger partial charge on any atom is 0.0594 e. The first-order chi connectivity index (χ1) is 8.25. The SMILES string of the molecule is Clc1cc(NCCN2CCOCC2)ccc1Br. The molecule has 0 bridgehead atoms. The van der Waals surface area contributed by atoms with Gasteiger partial charge >= 0.3 is 0 Å². The Balaban J connectivity index is 1.75. The van der Waals surface area contributed by atoms with Crippen LogP contribution in [0, 0.1) is 0 Å². The number of nitrogens with one attached hydrogen (secondary N) is 1. The minimum atomic E-state index is 0.737. The average Bonchev–Trinajstić information content (AvgIpc) is 2.35. The highest BCUT2D eigenvalue weighted by Gasteiger charge is 2.09. The van der Waals surface area contributed by atoms with Crippen LogP contribution >= 0.6 is 27.5 Å². The lowest BCUT2D eigenvalue weighted by atomic mass is 10.3. The summed E-state index contributed by atoms with van der Waals surface area (Å²) < 4.78 is 6.24. The van der Waals surface area contributed by atoms with E-state index in [1.54, 1.807) is 0 Å². The molecule has 2 rings (SSSR count). The third-order valence-electron chi connectivity index (χ3n) is 2.78. The molecule has 0 atom stereocenters. The molecule has 1 heterocycles. The van der Waals surface area contributed by atoms with Gasteiger partial charge in [-0.25, -0.2) is 0 Å². The molecule has 1 saturated heterocycles. The minimum Gasteiger partial charge on any atom is -0.384 e. The lowest BCUT2D eigenvalue weighted by molar-refractivity contribution is 0.0398. The van der Waals surface area contributed by atoms with E-state index in [1.165, 1.54) is 0 Å². The number of halogens is 2. The van der Waals surface area contributed by atoms with Gasteiger partial charge in [0.1, 0.15) is 0 Å². The number of anilines is 1. The van der Waals surface area contributed by atoms with Crippen molar-refractivity contribution in [3.63, 3.8) is 0 Å². The summed E-state index contributed by atoms with van der Waals surface area (Å²) in [6.07, 6.45) is 0. The lowest BCUT2D eigenvalue weighted by Crippen LogP contribution is -2.38. The van der Waals surface area contributed by atoms with Crippen LogP contribution in [0.2, 0.25) is 5.02 Å². The molecule has 94 valence electrons. The van der Waals surface area contributed by atoms with Gasteiger partial charge in [0.15, 0.2) is 0 Å². The summed E-state index contributed by atoms with van der Waals surface area (Å²) in [6, 6.07) is 5.92. The fourth-order valence-corrected chi connectivity index (χ4v) is 2.22. The molecule has 1 aromatic rings. The molecule has 17 heavy (non-hydrogen) atoms. The number of morpholine rings is 1. The maximum atomic E-state index is 6.03. The van der Waals surface area contributed by atoms with Crippen molar-refractivity contribution in [2.45, 2.75) is 0 Å². The first-order valence-electron chi connectivity index (χ1n) is 5.75. The number of rotatable bonds is 4. The van der Waals surface area contributed by atoms with E-state index in [9.17, 15) is 0 Å². The van der Waals surface area contributed by atoms with Gasteiger partial charge in [0, 0.05) is 36.3 Å². The van der Waals surface area contributed by atoms with Crippen molar-refractivity contribution in [3.05, 3.63) is 27.7 Å². The second-order valence-electron chi connectivity index (χ2n) is 4.01. The van der Waals surface area contributed by atoms with Crippen LogP contribution in [0.1, 0.15) is 0 Å². The van der Waals surface area contributed by atoms with Gasteiger partial charge in [-0.2, -0.15) is 0 Å². The topological polar surface area (TPSA) is 24.5 Å². The van der Waals surface area contributed by atoms with E-state index < -0.39 is 0 Å². The average molecular weight is 320 g/mol. The molecule has 0 saturated carbocycles. The Labute approximate surface area is 115 Å². The minimum absolute atomic E-state index is 0.737. The number of benzene rings is 1. The van der Waals surface area contributed by atoms with Crippen molar-refractivity contribution in [2.75, 3.05) is 44.7 Å². The van der Waals surface area contributed by atoms with Gasteiger partial charge in [0.25, 0.3) is 0 Å². The van der Waals surface area contributed by atoms with E-state index >= 15 is 0 Å². The van der Waals surface area contributed by atoms with Crippen LogP contribution < -0.4 is 5.32 Å². The molecular formula is C12H16BrClN2O. The van der Waals surface area contributed by atoms with Crippen molar-refractivity contribution in [3.8, 4) is 0 Å². The van der Waals surface area contributed by atoms with Gasteiger partial charge < -0.3 is 10.1 Å². The first-order valence-corrected chi connectivity index (χ1v) is 6.92. The molecule has 0 amide bonds. The van der Waals surface area contributed by atoms with Crippen LogP contribution in [0.25, 0.3) is 0 Å². The molecule has 5 heteroatoms. The largest absolute Gasteiger partial charge is 0.384 e. The van der Waals surface area contributed by atoms with Gasteiger partial charge in [-0.15, -0.1) is 0 Å². The van der Waals surface area contributed by atoms with E-state index in [-0.39, 0.29) is 0 Å². The summed E-state index contributed by atoms with van der Waals surface area (Å²) in [5.74, 6) is 0. The van der Waals surface area contributed by atoms with Crippen LogP contribution in [0.15, 0.2) is 22.7 Å². The molecule has 0 aliphatic carbocycles. The molecule has 0 aromatic heterocycles. The maximum absolute atomic E-state index is 6.03. The highest BCUT2D eigenvalue weighted by atomic mass is 79.9. The molecule has 1 N–H and O–H groups in total. The summed E-state index contributed by atoms with van der Waals surface area (Å²) >= 11 is 9.41. The van der Waals surface area contributed by atoms with Crippen molar-refractivity contribution in [1.29, 1.82) is 0 Å². The predicted octanol–water partition coefficient (Wildman–Crippen LogP) is 2.85. The monoisotopic (exact) mass is 318 g/mol. The van der Waals surface area contributed by atoms with Gasteiger partial charge in [-0.1, -0.05) is 11.6 Å². The van der Waals surface area contributed by atoms with E-state index in [4.69, 9.17) is 16.3 Å². The van der Waals surface area contributed by atoms with E-state index in [1.807, 2.05) is 18.2 Å². The molecule has 1 aliphatic heterocycles. The zero-order chi connectivity index (χ0) is 12.1. The second-order valence-corrected chi connectivity index (χ2v) is 5.27. The molecule has 1 fully saturated rings. The fraction of sp³-hybridized carbons (Fsp3) is 0.500. The molecule has 3 nitrogen and oxygen atoms in total. The zero-order valence-electron chi connectivity index (χ0n) is 9.59. The van der Waals surface area contributed by atoms with Crippen LogP contribution in [0.5, 0.6) is 0 Å². The van der Waals surface area contributed by atoms with E-state index in [0.717, 1.165) is 54.6 Å². The number of hydrogen-bond donors (Lipinski definition) is 1. The quantitative estimate of drug-likeness (QED) is 0.923. The van der Waals surface area contributed by atoms with Crippen LogP contribution in [-0.2, 0) is 4.74 Å². The Kier molecular flexibility index (Phi) is 5.10. The Morgan fingerprint density at radius 3 is 2.82 bits per heavy atom. The summed E-state index contributed by atoms with van der Waals surface area (Å²) in [5, 5.41) is 4.11. The Hall–Kier alpha value is -0.290. The van der Waals surface area contributed by atoms with E-state index in [0.29, 0.717) is 0 Å². The highest BCUT2D eigenvalue weighted by Crippen LogP contribution is 2.25. The number of hydrogen-bond acceptors (Lipinski definition) is 3. The standard InChI is InChI=1S/C12H16BrClN2O/c13-11-2-1-10(9-12(11)14)15-3-4-16-5-7-17-8-6-16/h1-2,9,15H,3-8H2. The third-order valence-corrected chi connectivity index (χ3v) is 4.01. The second kappa shape index (κ2) is 6.59. The molecule has 0 radical (unpaired) electrons. The predicted molar refractivity (Wildman–Crippen MR) is 74.9 cm³/mol. The summed E-state index contributed by atoms with van der Waals surface area (Å²) in [5.41, 5.74) is 1.06. The van der Waals surface area contributed by atoms with Crippen molar-refractivity contribution in [1.82, 2.24) is 4.90 Å². The van der Waals surface area contributed by atoms with Gasteiger partial charge in [-0.3, -0.25) is 4.90 Å². The molecule has 1 aliphatic rings. The highest BCUT2D eigenvalue weighted by molar-refractivity contribution is 9.10. The summed E-state index contributed by atoms with van der Waals surface area (Å²) in [4.78, 5) is 2.40. The molecule has 1 aromatic carbocycles. The van der Waals surface area contributed by atoms with Crippen LogP contribution in [0.4, 0.5) is 5.69 Å². The smallest absolute Gasteiger partial charge is 0.0594 e. The molecule has 0 spiro atoms. The van der Waals surface area contributed by atoms with Gasteiger partial charge in [0.05, 0.1) is 18.2 Å². The van der Waals surface area contributed by atoms with Crippen LogP contribution in [0.3, 0.4) is 0 Å². The molecular weight excluding hydrogens is 304 g/mol. The van der Waals surface area contributed by atoms with Crippen molar-refractivity contribution >= 4 is 33.2 Å². The number of ether oxygens (including phenoxy) is 1. The molecule has 0 unspecified atom stereocenters. The number of nitrogens with zero attached hydrogens (tertiary/aromatic N) is 1. The Morgan fingerprint density at radius 1 is 1.35 bits per heavy atom. The zero-order valence-corrected chi connectivity index (χ0v) is 11.9. The van der Waals surface area contributed by atoms with Crippen molar-refractivity contribution < 1.29 is 4.74 Å². The lowest BCUT2D eigenvalue weighted by Gasteiger charge is -2.26. The summed E-state index contributed by atoms with van der Waals surface area (Å²) in [7, 11) is 0. The first kappa shape index (κ1) is 13.1.